The molecule has 0 aliphatic carbocycles. The van der Waals surface area contributed by atoms with E-state index in [1.54, 1.807) is 6.20 Å². The molecule has 0 atom stereocenters. The number of aromatic nitrogens is 4. The summed E-state index contributed by atoms with van der Waals surface area (Å²) in [5.41, 5.74) is 11.0. The second-order valence-electron chi connectivity index (χ2n) is 11.9. The molecule has 10 nitrogen and oxygen atoms in total. The van der Waals surface area contributed by atoms with Crippen molar-refractivity contribution in [3.05, 3.63) is 90.6 Å². The van der Waals surface area contributed by atoms with Crippen LogP contribution in [0.25, 0.3) is 39.5 Å². The average molecular weight is 590 g/mol. The van der Waals surface area contributed by atoms with Gasteiger partial charge >= 0.3 is 6.09 Å². The van der Waals surface area contributed by atoms with Crippen LogP contribution in [0.2, 0.25) is 0 Å². The van der Waals surface area contributed by atoms with E-state index in [1.807, 2.05) is 109 Å². The van der Waals surface area contributed by atoms with E-state index in [0.717, 1.165) is 16.9 Å². The third kappa shape index (κ3) is 6.10. The predicted octanol–water partition coefficient (Wildman–Crippen LogP) is 5.86. The Kier molecular flexibility index (Phi) is 7.73. The van der Waals surface area contributed by atoms with Gasteiger partial charge in [-0.25, -0.2) is 19.7 Å². The normalized spacial score (nSPS) is 14.0. The predicted molar refractivity (Wildman–Crippen MR) is 170 cm³/mol. The molecule has 1 saturated heterocycles. The molecule has 1 fully saturated rings. The van der Waals surface area contributed by atoms with Crippen LogP contribution in [-0.4, -0.2) is 61.2 Å². The van der Waals surface area contributed by atoms with Gasteiger partial charge in [-0.1, -0.05) is 30.3 Å². The van der Waals surface area contributed by atoms with Crippen molar-refractivity contribution in [2.75, 3.05) is 18.8 Å². The van der Waals surface area contributed by atoms with Crippen LogP contribution in [0.5, 0.6) is 0 Å². The number of anilines is 1. The molecule has 3 N–H and O–H groups in total. The van der Waals surface area contributed by atoms with Crippen molar-refractivity contribution in [2.24, 2.45) is 0 Å². The number of imidazole rings is 1. The first-order chi connectivity index (χ1) is 21.2. The van der Waals surface area contributed by atoms with E-state index < -0.39 is 11.7 Å². The summed E-state index contributed by atoms with van der Waals surface area (Å²) in [7, 11) is 0. The molecule has 44 heavy (non-hydrogen) atoms. The summed E-state index contributed by atoms with van der Waals surface area (Å²) in [6.07, 6.45) is 2.54. The lowest BCUT2D eigenvalue weighted by molar-refractivity contribution is 0.0473. The van der Waals surface area contributed by atoms with E-state index in [-0.39, 0.29) is 11.9 Å². The quantitative estimate of drug-likeness (QED) is 0.263. The largest absolute Gasteiger partial charge is 0.444 e. The van der Waals surface area contributed by atoms with Crippen LogP contribution in [0.4, 0.5) is 10.6 Å². The molecular formula is C34H35N7O3. The smallest absolute Gasteiger partial charge is 0.407 e. The molecule has 5 aromatic rings. The van der Waals surface area contributed by atoms with Gasteiger partial charge in [-0.2, -0.15) is 0 Å². The minimum atomic E-state index is -0.554. The number of benzene rings is 2. The summed E-state index contributed by atoms with van der Waals surface area (Å²) >= 11 is 0. The number of hydrogen-bond donors (Lipinski definition) is 2. The van der Waals surface area contributed by atoms with E-state index >= 15 is 0 Å². The van der Waals surface area contributed by atoms with Crippen LogP contribution in [0.15, 0.2) is 85.1 Å². The fourth-order valence-electron chi connectivity index (χ4n) is 5.40. The number of pyridine rings is 2. The molecule has 10 heteroatoms. The van der Waals surface area contributed by atoms with Crippen molar-refractivity contribution >= 4 is 29.0 Å². The van der Waals surface area contributed by atoms with Crippen LogP contribution >= 0.6 is 0 Å². The Morgan fingerprint density at radius 1 is 0.909 bits per heavy atom. The number of amides is 2. The Morgan fingerprint density at radius 2 is 1.64 bits per heavy atom. The average Bonchev–Trinajstić information content (AvgIpc) is 3.39. The van der Waals surface area contributed by atoms with Crippen LogP contribution in [0, 0.1) is 0 Å². The molecular weight excluding hydrogens is 554 g/mol. The number of nitrogens with two attached hydrogens (primary N) is 1. The summed E-state index contributed by atoms with van der Waals surface area (Å²) < 4.78 is 7.33. The number of nitrogen functional groups attached to an aromatic ring is 1. The van der Waals surface area contributed by atoms with E-state index in [0.29, 0.717) is 59.9 Å². The highest BCUT2D eigenvalue weighted by Gasteiger charge is 2.27. The number of fused-ring (bicyclic) bond motifs is 1. The zero-order valence-corrected chi connectivity index (χ0v) is 25.0. The molecule has 1 aliphatic rings. The maximum absolute atomic E-state index is 13.4. The number of carbonyl (C=O) groups is 2. The van der Waals surface area contributed by atoms with Crippen LogP contribution < -0.4 is 11.1 Å². The topological polar surface area (TPSA) is 128 Å². The first kappa shape index (κ1) is 28.9. The van der Waals surface area contributed by atoms with Gasteiger partial charge in [0.05, 0.1) is 11.3 Å². The monoisotopic (exact) mass is 589 g/mol. The molecule has 0 radical (unpaired) electrons. The number of nitrogens with zero attached hydrogens (tertiary/aromatic N) is 5. The van der Waals surface area contributed by atoms with Gasteiger partial charge in [0.25, 0.3) is 5.91 Å². The van der Waals surface area contributed by atoms with Crippen molar-refractivity contribution in [3.8, 4) is 28.3 Å². The van der Waals surface area contributed by atoms with Crippen molar-refractivity contribution < 1.29 is 14.3 Å². The van der Waals surface area contributed by atoms with Gasteiger partial charge < -0.3 is 20.7 Å². The number of ether oxygens (including phenoxy) is 1. The summed E-state index contributed by atoms with van der Waals surface area (Å²) in [6.45, 7) is 6.60. The highest BCUT2D eigenvalue weighted by atomic mass is 16.6. The van der Waals surface area contributed by atoms with E-state index in [4.69, 9.17) is 20.4 Å². The molecule has 0 spiro atoms. The Hall–Kier alpha value is -5.25. The second kappa shape index (κ2) is 11.8. The Morgan fingerprint density at radius 3 is 2.32 bits per heavy atom. The molecule has 6 rings (SSSR count). The van der Waals surface area contributed by atoms with E-state index in [9.17, 15) is 9.59 Å². The number of nitrogens with one attached hydrogen (secondary N) is 1. The number of alkyl carbamates (subject to hydrolysis) is 1. The molecule has 1 aliphatic heterocycles. The van der Waals surface area contributed by atoms with Gasteiger partial charge in [0, 0.05) is 42.1 Å². The van der Waals surface area contributed by atoms with Crippen molar-refractivity contribution in [1.29, 1.82) is 0 Å². The summed E-state index contributed by atoms with van der Waals surface area (Å²) in [6, 6.07) is 25.0. The first-order valence-electron chi connectivity index (χ1n) is 14.7. The number of piperidine rings is 1. The second-order valence-corrected chi connectivity index (χ2v) is 11.9. The summed E-state index contributed by atoms with van der Waals surface area (Å²) in [5, 5.41) is 2.92. The molecule has 3 aromatic heterocycles. The SMILES string of the molecule is CC(C)(C)OC(=O)NC1CCN(C(=O)c2ccc(-n3c(-c4cccnc4N)nc4ccc(-c5ccccc5)nc43)cc2)CC1. The number of rotatable bonds is 5. The van der Waals surface area contributed by atoms with Crippen LogP contribution in [0.1, 0.15) is 44.0 Å². The van der Waals surface area contributed by atoms with Crippen molar-refractivity contribution in [2.45, 2.75) is 45.3 Å². The molecule has 224 valence electrons. The zero-order chi connectivity index (χ0) is 30.8. The minimum Gasteiger partial charge on any atom is -0.444 e. The van der Waals surface area contributed by atoms with Gasteiger partial charge in [-0.05, 0) is 82.1 Å². The lowest BCUT2D eigenvalue weighted by Crippen LogP contribution is -2.47. The zero-order valence-electron chi connectivity index (χ0n) is 25.0. The fourth-order valence-corrected chi connectivity index (χ4v) is 5.40. The molecule has 4 heterocycles. The van der Waals surface area contributed by atoms with Crippen LogP contribution in [0.3, 0.4) is 0 Å². The molecule has 0 saturated carbocycles. The standard InChI is InChI=1S/C34H35N7O3/c1-34(2,3)44-33(43)37-24-17-20-40(21-18-24)32(42)23-11-13-25(14-12-23)41-30(26-10-7-19-36-29(26)35)39-28-16-15-27(38-31(28)41)22-8-5-4-6-9-22/h4-16,19,24H,17-18,20-21H2,1-3H3,(H2,35,36)(H,37,43). The van der Waals surface area contributed by atoms with Gasteiger partial charge in [-0.15, -0.1) is 0 Å². The highest BCUT2D eigenvalue weighted by molar-refractivity contribution is 5.94. The van der Waals surface area contributed by atoms with Gasteiger partial charge in [-0.3, -0.25) is 9.36 Å². The summed E-state index contributed by atoms with van der Waals surface area (Å²) in [4.78, 5) is 41.6. The Labute approximate surface area is 255 Å². The minimum absolute atomic E-state index is 0.0302. The number of hydrogen-bond acceptors (Lipinski definition) is 7. The van der Waals surface area contributed by atoms with Gasteiger partial charge in [0.1, 0.15) is 16.9 Å². The van der Waals surface area contributed by atoms with Crippen LogP contribution in [-0.2, 0) is 4.74 Å². The Balaban J connectivity index is 1.27. The lowest BCUT2D eigenvalue weighted by Gasteiger charge is -2.33. The maximum Gasteiger partial charge on any atom is 0.407 e. The molecule has 2 amide bonds. The highest BCUT2D eigenvalue weighted by Crippen LogP contribution is 2.32. The van der Waals surface area contributed by atoms with Gasteiger partial charge in [0.2, 0.25) is 0 Å². The number of carbonyl (C=O) groups excluding carboxylic acids is 2. The van der Waals surface area contributed by atoms with Gasteiger partial charge in [0.15, 0.2) is 11.5 Å². The Bertz CT molecular complexity index is 1800. The molecule has 0 unspecified atom stereocenters. The lowest BCUT2D eigenvalue weighted by atomic mass is 10.0. The van der Waals surface area contributed by atoms with Crippen molar-refractivity contribution in [3.63, 3.8) is 0 Å². The maximum atomic E-state index is 13.4. The number of likely N-dealkylation sites (tertiary alicyclic amines) is 1. The third-order valence-corrected chi connectivity index (χ3v) is 7.53. The molecule has 2 aromatic carbocycles. The summed E-state index contributed by atoms with van der Waals surface area (Å²) in [5.74, 6) is 0.926. The van der Waals surface area contributed by atoms with E-state index in [2.05, 4.69) is 10.3 Å². The first-order valence-corrected chi connectivity index (χ1v) is 14.7. The third-order valence-electron chi connectivity index (χ3n) is 7.53. The van der Waals surface area contributed by atoms with E-state index in [1.165, 1.54) is 0 Å². The van der Waals surface area contributed by atoms with Crippen molar-refractivity contribution in [1.82, 2.24) is 29.7 Å². The molecule has 0 bridgehead atoms. The fraction of sp³-hybridized carbons (Fsp3) is 0.265.